The van der Waals surface area contributed by atoms with Crippen LogP contribution in [0.1, 0.15) is 21.5 Å². The second kappa shape index (κ2) is 6.13. The van der Waals surface area contributed by atoms with Gasteiger partial charge < -0.3 is 9.67 Å². The van der Waals surface area contributed by atoms with E-state index in [2.05, 4.69) is 0 Å². The third kappa shape index (κ3) is 2.76. The number of nitrogens with zero attached hydrogens (tertiary/aromatic N) is 2. The number of nitriles is 1. The number of aromatic carboxylic acids is 1. The molecule has 4 nitrogen and oxygen atoms in total. The van der Waals surface area contributed by atoms with Crippen LogP contribution in [0.2, 0.25) is 0 Å². The average molecular weight is 380 g/mol. The molecule has 0 fully saturated rings. The summed E-state index contributed by atoms with van der Waals surface area (Å²) in [6, 6.07) is 16.3. The van der Waals surface area contributed by atoms with Crippen molar-refractivity contribution in [2.24, 2.45) is 0 Å². The second-order valence-corrected chi connectivity index (χ2v) is 6.26. The minimum Gasteiger partial charge on any atom is -0.478 e. The number of halogens is 3. The van der Waals surface area contributed by atoms with Crippen LogP contribution < -0.4 is 0 Å². The monoisotopic (exact) mass is 380 g/mol. The highest BCUT2D eigenvalue weighted by Crippen LogP contribution is 2.35. The second-order valence-electron chi connectivity index (χ2n) is 6.26. The summed E-state index contributed by atoms with van der Waals surface area (Å²) in [5.74, 6) is -1.09. The molecule has 1 N–H and O–H groups in total. The van der Waals surface area contributed by atoms with Gasteiger partial charge in [-0.15, -0.1) is 0 Å². The highest BCUT2D eigenvalue weighted by Gasteiger charge is 2.30. The molecule has 0 aliphatic heterocycles. The summed E-state index contributed by atoms with van der Waals surface area (Å²) in [6.45, 7) is 0. The standard InChI is InChI=1S/C21H11F3N2O2/c22-21(23,24)14-3-5-15(6-4-14)26-18-7-1-12(11-25)9-16(18)17-10-13(20(27)28)2-8-19(17)26/h1-10H,(H,27,28). The molecule has 0 spiro atoms. The first-order valence-electron chi connectivity index (χ1n) is 8.19. The van der Waals surface area contributed by atoms with Gasteiger partial charge in [0, 0.05) is 16.5 Å². The third-order valence-corrected chi connectivity index (χ3v) is 4.59. The third-order valence-electron chi connectivity index (χ3n) is 4.59. The fraction of sp³-hybridized carbons (Fsp3) is 0.0476. The lowest BCUT2D eigenvalue weighted by Gasteiger charge is -2.11. The minimum absolute atomic E-state index is 0.0846. The number of benzene rings is 3. The predicted octanol–water partition coefficient (Wildman–Crippen LogP) is 5.37. The predicted molar refractivity (Wildman–Crippen MR) is 97.5 cm³/mol. The number of fused-ring (bicyclic) bond motifs is 3. The van der Waals surface area contributed by atoms with Crippen molar-refractivity contribution in [1.82, 2.24) is 4.57 Å². The summed E-state index contributed by atoms with van der Waals surface area (Å²) in [5.41, 5.74) is 1.53. The zero-order valence-electron chi connectivity index (χ0n) is 14.2. The van der Waals surface area contributed by atoms with Gasteiger partial charge in [-0.25, -0.2) is 4.79 Å². The Morgan fingerprint density at radius 1 is 0.929 bits per heavy atom. The molecular weight excluding hydrogens is 369 g/mol. The molecule has 0 unspecified atom stereocenters. The van der Waals surface area contributed by atoms with E-state index in [0.717, 1.165) is 12.1 Å². The van der Waals surface area contributed by atoms with E-state index in [1.807, 2.05) is 6.07 Å². The Labute approximate surface area is 156 Å². The maximum absolute atomic E-state index is 12.9. The molecule has 0 saturated carbocycles. The Balaban J connectivity index is 2.04. The molecule has 4 rings (SSSR count). The van der Waals surface area contributed by atoms with Crippen LogP contribution in [0.3, 0.4) is 0 Å². The molecule has 0 bridgehead atoms. The number of hydrogen-bond acceptors (Lipinski definition) is 2. The molecule has 0 saturated heterocycles. The molecule has 0 aliphatic carbocycles. The van der Waals surface area contributed by atoms with Crippen LogP contribution in [0.5, 0.6) is 0 Å². The van der Waals surface area contributed by atoms with Crippen molar-refractivity contribution in [2.45, 2.75) is 6.18 Å². The van der Waals surface area contributed by atoms with E-state index in [4.69, 9.17) is 0 Å². The highest BCUT2D eigenvalue weighted by molar-refractivity contribution is 6.11. The van der Waals surface area contributed by atoms with Gasteiger partial charge in [-0.3, -0.25) is 0 Å². The van der Waals surface area contributed by atoms with E-state index in [1.165, 1.54) is 24.3 Å². The van der Waals surface area contributed by atoms with E-state index < -0.39 is 17.7 Å². The average Bonchev–Trinajstić information content (AvgIpc) is 3.00. The summed E-state index contributed by atoms with van der Waals surface area (Å²) in [5, 5.41) is 19.7. The van der Waals surface area contributed by atoms with Crippen LogP contribution in [0.4, 0.5) is 13.2 Å². The molecule has 3 aromatic carbocycles. The Morgan fingerprint density at radius 3 is 2.11 bits per heavy atom. The molecule has 0 amide bonds. The van der Waals surface area contributed by atoms with Crippen molar-refractivity contribution in [2.75, 3.05) is 0 Å². The zero-order chi connectivity index (χ0) is 20.1. The van der Waals surface area contributed by atoms with E-state index in [9.17, 15) is 28.3 Å². The number of carboxylic acid groups (broad SMARTS) is 1. The van der Waals surface area contributed by atoms with Crippen LogP contribution in [0, 0.1) is 11.3 Å². The van der Waals surface area contributed by atoms with Gasteiger partial charge in [0.05, 0.1) is 33.8 Å². The fourth-order valence-corrected chi connectivity index (χ4v) is 3.30. The van der Waals surface area contributed by atoms with Gasteiger partial charge in [0.2, 0.25) is 0 Å². The SMILES string of the molecule is N#Cc1ccc2c(c1)c1cc(C(=O)O)ccc1n2-c1ccc(C(F)(F)F)cc1. The van der Waals surface area contributed by atoms with Crippen molar-refractivity contribution in [3.8, 4) is 11.8 Å². The van der Waals surface area contributed by atoms with E-state index >= 15 is 0 Å². The van der Waals surface area contributed by atoms with Crippen molar-refractivity contribution in [1.29, 1.82) is 5.26 Å². The quantitative estimate of drug-likeness (QED) is 0.508. The Morgan fingerprint density at radius 2 is 1.54 bits per heavy atom. The number of hydrogen-bond donors (Lipinski definition) is 1. The first-order chi connectivity index (χ1) is 13.3. The number of carbonyl (C=O) groups is 1. The summed E-state index contributed by atoms with van der Waals surface area (Å²) < 4.78 is 40.4. The van der Waals surface area contributed by atoms with Crippen LogP contribution in [0.15, 0.2) is 60.7 Å². The molecule has 4 aromatic rings. The molecule has 1 heterocycles. The lowest BCUT2D eigenvalue weighted by molar-refractivity contribution is -0.137. The molecule has 0 radical (unpaired) electrons. The molecule has 28 heavy (non-hydrogen) atoms. The van der Waals surface area contributed by atoms with Gasteiger partial charge >= 0.3 is 12.1 Å². The molecule has 138 valence electrons. The van der Waals surface area contributed by atoms with Gasteiger partial charge in [0.15, 0.2) is 0 Å². The van der Waals surface area contributed by atoms with Gasteiger partial charge in [0.1, 0.15) is 0 Å². The molecule has 0 aliphatic rings. The molecular formula is C21H11F3N2O2. The van der Waals surface area contributed by atoms with Crippen LogP contribution >= 0.6 is 0 Å². The number of alkyl halides is 3. The van der Waals surface area contributed by atoms with E-state index in [1.54, 1.807) is 28.8 Å². The van der Waals surface area contributed by atoms with Crippen LogP contribution in [0.25, 0.3) is 27.5 Å². The van der Waals surface area contributed by atoms with E-state index in [0.29, 0.717) is 33.1 Å². The van der Waals surface area contributed by atoms with E-state index in [-0.39, 0.29) is 5.56 Å². The largest absolute Gasteiger partial charge is 0.478 e. The number of rotatable bonds is 2. The van der Waals surface area contributed by atoms with Gasteiger partial charge in [0.25, 0.3) is 0 Å². The topological polar surface area (TPSA) is 66.0 Å². The first-order valence-corrected chi connectivity index (χ1v) is 8.19. The molecule has 7 heteroatoms. The Bertz CT molecular complexity index is 1280. The van der Waals surface area contributed by atoms with Gasteiger partial charge in [-0.1, -0.05) is 0 Å². The van der Waals surface area contributed by atoms with Crippen molar-refractivity contribution >= 4 is 27.8 Å². The van der Waals surface area contributed by atoms with Crippen LogP contribution in [-0.4, -0.2) is 15.6 Å². The number of aromatic nitrogens is 1. The molecule has 0 atom stereocenters. The highest BCUT2D eigenvalue weighted by atomic mass is 19.4. The maximum Gasteiger partial charge on any atom is 0.416 e. The summed E-state index contributed by atoms with van der Waals surface area (Å²) in [4.78, 5) is 11.3. The zero-order valence-corrected chi connectivity index (χ0v) is 14.2. The van der Waals surface area contributed by atoms with Crippen molar-refractivity contribution < 1.29 is 23.1 Å². The lowest BCUT2D eigenvalue weighted by atomic mass is 10.1. The Kier molecular flexibility index (Phi) is 3.86. The summed E-state index contributed by atoms with van der Waals surface area (Å²) >= 11 is 0. The van der Waals surface area contributed by atoms with Crippen molar-refractivity contribution in [3.63, 3.8) is 0 Å². The fourth-order valence-electron chi connectivity index (χ4n) is 3.30. The smallest absolute Gasteiger partial charge is 0.416 e. The lowest BCUT2D eigenvalue weighted by Crippen LogP contribution is -2.05. The first kappa shape index (κ1) is 17.6. The van der Waals surface area contributed by atoms with Gasteiger partial charge in [-0.05, 0) is 60.7 Å². The molecule has 1 aromatic heterocycles. The van der Waals surface area contributed by atoms with Crippen LogP contribution in [-0.2, 0) is 6.18 Å². The maximum atomic E-state index is 12.9. The summed E-state index contributed by atoms with van der Waals surface area (Å²) in [6.07, 6.45) is -4.43. The normalized spacial score (nSPS) is 11.6. The Hall–Kier alpha value is -3.79. The minimum atomic E-state index is -4.43. The van der Waals surface area contributed by atoms with Gasteiger partial charge in [-0.2, -0.15) is 18.4 Å². The number of carboxylic acids is 1. The summed E-state index contributed by atoms with van der Waals surface area (Å²) in [7, 11) is 0. The van der Waals surface area contributed by atoms with Crippen molar-refractivity contribution in [3.05, 3.63) is 77.4 Å².